The highest BCUT2D eigenvalue weighted by Crippen LogP contribution is 2.32. The second kappa shape index (κ2) is 10.4. The van der Waals surface area contributed by atoms with Gasteiger partial charge in [-0.15, -0.1) is 0 Å². The van der Waals surface area contributed by atoms with E-state index in [2.05, 4.69) is 6.92 Å². The van der Waals surface area contributed by atoms with Gasteiger partial charge >= 0.3 is 0 Å². The van der Waals surface area contributed by atoms with Crippen molar-refractivity contribution in [1.29, 1.82) is 0 Å². The largest absolute Gasteiger partial charge is 0.395 e. The summed E-state index contributed by atoms with van der Waals surface area (Å²) >= 11 is 0. The third-order valence-electron chi connectivity index (χ3n) is 5.49. The average Bonchev–Trinajstić information content (AvgIpc) is 2.91. The van der Waals surface area contributed by atoms with Crippen LogP contribution in [0, 0.1) is 13.8 Å². The maximum absolute atomic E-state index is 13.2. The van der Waals surface area contributed by atoms with Crippen molar-refractivity contribution in [2.24, 2.45) is 0 Å². The van der Waals surface area contributed by atoms with Crippen molar-refractivity contribution in [1.82, 2.24) is 9.80 Å². The molecule has 0 saturated carbocycles. The Morgan fingerprint density at radius 3 is 2.29 bits per heavy atom. The summed E-state index contributed by atoms with van der Waals surface area (Å²) in [5.41, 5.74) is 3.86. The van der Waals surface area contributed by atoms with Crippen molar-refractivity contribution in [2.45, 2.75) is 59.3 Å². The number of aliphatic hydroxyl groups is 1. The molecule has 5 heteroatoms. The van der Waals surface area contributed by atoms with Crippen molar-refractivity contribution >= 4 is 17.4 Å². The standard InChI is InChI=1S/C23H34N2O3/c1-5-6-7-8-9-10-13-25-22(27)20(19-12-11-17(2)18(3)16-19)21(23(25)28)24(4)14-15-26/h11-12,16,26H,5-10,13-15H2,1-4H3. The van der Waals surface area contributed by atoms with Gasteiger partial charge in [0.25, 0.3) is 11.8 Å². The lowest BCUT2D eigenvalue weighted by Crippen LogP contribution is -2.35. The number of rotatable bonds is 11. The normalized spacial score (nSPS) is 14.4. The van der Waals surface area contributed by atoms with Crippen LogP contribution in [0.15, 0.2) is 23.9 Å². The van der Waals surface area contributed by atoms with Gasteiger partial charge in [0.15, 0.2) is 0 Å². The Kier molecular flexibility index (Phi) is 8.24. The monoisotopic (exact) mass is 386 g/mol. The summed E-state index contributed by atoms with van der Waals surface area (Å²) in [5, 5.41) is 9.32. The first-order valence-corrected chi connectivity index (χ1v) is 10.4. The fraction of sp³-hybridized carbons (Fsp3) is 0.565. The first-order valence-electron chi connectivity index (χ1n) is 10.4. The van der Waals surface area contributed by atoms with E-state index in [1.807, 2.05) is 32.0 Å². The molecule has 0 fully saturated rings. The number of benzene rings is 1. The Labute approximate surface area is 169 Å². The Morgan fingerprint density at radius 2 is 1.64 bits per heavy atom. The molecule has 28 heavy (non-hydrogen) atoms. The highest BCUT2D eigenvalue weighted by atomic mass is 16.3. The van der Waals surface area contributed by atoms with Gasteiger partial charge in [0, 0.05) is 20.1 Å². The van der Waals surface area contributed by atoms with E-state index in [1.54, 1.807) is 11.9 Å². The molecule has 2 rings (SSSR count). The molecule has 0 bridgehead atoms. The van der Waals surface area contributed by atoms with Crippen LogP contribution < -0.4 is 0 Å². The maximum atomic E-state index is 13.2. The molecule has 0 unspecified atom stereocenters. The van der Waals surface area contributed by atoms with Gasteiger partial charge in [0.2, 0.25) is 0 Å². The number of likely N-dealkylation sites (N-methyl/N-ethyl adjacent to an activating group) is 1. The maximum Gasteiger partial charge on any atom is 0.277 e. The molecular weight excluding hydrogens is 352 g/mol. The minimum absolute atomic E-state index is 0.0703. The predicted molar refractivity (Wildman–Crippen MR) is 113 cm³/mol. The molecule has 5 nitrogen and oxygen atoms in total. The van der Waals surface area contributed by atoms with Gasteiger partial charge in [-0.25, -0.2) is 0 Å². The number of aryl methyl sites for hydroxylation is 2. The number of nitrogens with zero attached hydrogens (tertiary/aromatic N) is 2. The second-order valence-electron chi connectivity index (χ2n) is 7.70. The highest BCUT2D eigenvalue weighted by Gasteiger charge is 2.40. The molecule has 1 aromatic carbocycles. The quantitative estimate of drug-likeness (QED) is 0.466. The molecule has 0 saturated heterocycles. The van der Waals surface area contributed by atoms with Gasteiger partial charge in [-0.05, 0) is 37.0 Å². The number of unbranched alkanes of at least 4 members (excludes halogenated alkanes) is 5. The average molecular weight is 387 g/mol. The number of amides is 2. The van der Waals surface area contributed by atoms with Crippen molar-refractivity contribution < 1.29 is 14.7 Å². The van der Waals surface area contributed by atoms with Gasteiger partial charge in [-0.1, -0.05) is 57.2 Å². The molecule has 0 radical (unpaired) electrons. The van der Waals surface area contributed by atoms with Gasteiger partial charge in [0.1, 0.15) is 5.70 Å². The molecule has 1 aliphatic rings. The molecule has 0 aliphatic carbocycles. The lowest BCUT2D eigenvalue weighted by Gasteiger charge is -2.20. The molecule has 1 aromatic rings. The minimum Gasteiger partial charge on any atom is -0.395 e. The van der Waals surface area contributed by atoms with Crippen LogP contribution in [0.2, 0.25) is 0 Å². The summed E-state index contributed by atoms with van der Waals surface area (Å²) in [6, 6.07) is 5.86. The van der Waals surface area contributed by atoms with Crippen molar-refractivity contribution in [3.63, 3.8) is 0 Å². The van der Waals surface area contributed by atoms with Crippen LogP contribution >= 0.6 is 0 Å². The Morgan fingerprint density at radius 1 is 0.964 bits per heavy atom. The summed E-state index contributed by atoms with van der Waals surface area (Å²) in [7, 11) is 1.76. The van der Waals surface area contributed by atoms with Crippen LogP contribution in [-0.4, -0.2) is 53.5 Å². The fourth-order valence-electron chi connectivity index (χ4n) is 3.59. The number of hydrogen-bond donors (Lipinski definition) is 1. The van der Waals surface area contributed by atoms with Crippen molar-refractivity contribution in [3.05, 3.63) is 40.6 Å². The van der Waals surface area contributed by atoms with Crippen molar-refractivity contribution in [3.8, 4) is 0 Å². The molecule has 1 N–H and O–H groups in total. The fourth-order valence-corrected chi connectivity index (χ4v) is 3.59. The van der Waals surface area contributed by atoms with E-state index in [1.165, 1.54) is 24.2 Å². The first-order chi connectivity index (χ1) is 13.4. The summed E-state index contributed by atoms with van der Waals surface area (Å²) < 4.78 is 0. The van der Waals surface area contributed by atoms with Gasteiger partial charge < -0.3 is 10.0 Å². The third-order valence-corrected chi connectivity index (χ3v) is 5.49. The lowest BCUT2D eigenvalue weighted by molar-refractivity contribution is -0.137. The minimum atomic E-state index is -0.247. The van der Waals surface area contributed by atoms with E-state index in [0.29, 0.717) is 24.4 Å². The summed E-state index contributed by atoms with van der Waals surface area (Å²) in [6.45, 7) is 6.91. The van der Waals surface area contributed by atoms with Gasteiger partial charge in [-0.3, -0.25) is 14.5 Å². The van der Waals surface area contributed by atoms with Gasteiger partial charge in [-0.2, -0.15) is 0 Å². The molecule has 0 aromatic heterocycles. The van der Waals surface area contributed by atoms with Crippen LogP contribution in [0.5, 0.6) is 0 Å². The van der Waals surface area contributed by atoms with E-state index in [0.717, 1.165) is 36.0 Å². The Balaban J connectivity index is 2.23. The number of aliphatic hydroxyl groups excluding tert-OH is 1. The van der Waals surface area contributed by atoms with E-state index < -0.39 is 0 Å². The molecular formula is C23H34N2O3. The van der Waals surface area contributed by atoms with E-state index >= 15 is 0 Å². The smallest absolute Gasteiger partial charge is 0.277 e. The second-order valence-corrected chi connectivity index (χ2v) is 7.70. The van der Waals surface area contributed by atoms with Crippen LogP contribution in [0.3, 0.4) is 0 Å². The topological polar surface area (TPSA) is 60.9 Å². The molecule has 0 spiro atoms. The Bertz CT molecular complexity index is 739. The summed E-state index contributed by atoms with van der Waals surface area (Å²) in [6.07, 6.45) is 6.63. The predicted octanol–water partition coefficient (Wildman–Crippen LogP) is 3.67. The number of carbonyl (C=O) groups is 2. The molecule has 154 valence electrons. The van der Waals surface area contributed by atoms with E-state index in [9.17, 15) is 14.7 Å². The van der Waals surface area contributed by atoms with Crippen LogP contribution in [0.25, 0.3) is 5.57 Å². The van der Waals surface area contributed by atoms with Crippen LogP contribution in [0.1, 0.15) is 62.1 Å². The zero-order valence-electron chi connectivity index (χ0n) is 17.8. The molecule has 1 aliphatic heterocycles. The zero-order valence-corrected chi connectivity index (χ0v) is 17.8. The zero-order chi connectivity index (χ0) is 20.7. The first kappa shape index (κ1) is 22.2. The number of imide groups is 1. The van der Waals surface area contributed by atoms with Gasteiger partial charge in [0.05, 0.1) is 12.2 Å². The van der Waals surface area contributed by atoms with E-state index in [4.69, 9.17) is 0 Å². The summed E-state index contributed by atoms with van der Waals surface area (Å²) in [5.74, 6) is -0.468. The SMILES string of the molecule is CCCCCCCCN1C(=O)C(c2ccc(C)c(C)c2)=C(N(C)CCO)C1=O. The molecule has 2 amide bonds. The highest BCUT2D eigenvalue weighted by molar-refractivity contribution is 6.35. The lowest BCUT2D eigenvalue weighted by atomic mass is 9.99. The van der Waals surface area contributed by atoms with Crippen LogP contribution in [0.4, 0.5) is 0 Å². The summed E-state index contributed by atoms with van der Waals surface area (Å²) in [4.78, 5) is 29.3. The van der Waals surface area contributed by atoms with E-state index in [-0.39, 0.29) is 18.4 Å². The number of carbonyl (C=O) groups excluding carboxylic acids is 2. The molecule has 0 atom stereocenters. The molecule has 1 heterocycles. The third kappa shape index (κ3) is 5.02. The Hall–Kier alpha value is -2.14. The van der Waals surface area contributed by atoms with Crippen molar-refractivity contribution in [2.75, 3.05) is 26.7 Å². The van der Waals surface area contributed by atoms with Crippen LogP contribution in [-0.2, 0) is 9.59 Å². The number of hydrogen-bond acceptors (Lipinski definition) is 4.